The lowest BCUT2D eigenvalue weighted by Crippen LogP contribution is -2.64. The van der Waals surface area contributed by atoms with Crippen molar-refractivity contribution in [3.63, 3.8) is 0 Å². The molecule has 4 atom stereocenters. The lowest BCUT2D eigenvalue weighted by Gasteiger charge is -2.51. The fraction of sp³-hybridized carbons (Fsp3) is 0.483. The molecular formula is C29H25F5N4O8. The van der Waals surface area contributed by atoms with E-state index in [0.29, 0.717) is 18.7 Å². The van der Waals surface area contributed by atoms with Gasteiger partial charge >= 0.3 is 12.5 Å². The van der Waals surface area contributed by atoms with E-state index in [9.17, 15) is 31.5 Å². The molecule has 2 N–H and O–H groups in total. The Morgan fingerprint density at radius 2 is 1.80 bits per heavy atom. The van der Waals surface area contributed by atoms with Gasteiger partial charge in [0.1, 0.15) is 16.8 Å². The molecular weight excluding hydrogens is 627 g/mol. The van der Waals surface area contributed by atoms with Crippen LogP contribution in [0.25, 0.3) is 11.1 Å². The zero-order valence-corrected chi connectivity index (χ0v) is 24.0. The van der Waals surface area contributed by atoms with Gasteiger partial charge in [0.15, 0.2) is 22.7 Å². The van der Waals surface area contributed by atoms with Crippen molar-refractivity contribution in [1.82, 2.24) is 10.3 Å². The maximum atomic E-state index is 14.0. The molecule has 4 fully saturated rings. The summed E-state index contributed by atoms with van der Waals surface area (Å²) in [4.78, 5) is 34.0. The molecule has 5 heterocycles. The standard InChI is InChI=1S/C29H25F5N4O8/c1-41-18-3-2-16-22(44-25(36-16)38-13-6-14(38)10-42-9-13)21(18)24(40)35-17-8-20-19(45-29(33,34)46-20)7-15(17)23(39)37-26-4-5-27(11-26,43-12-26)28(30,31)32/h2-3,7-8,13-14H,4-6,9-12H2,1H3,(H,35,40)(H,37,39). The number of aromatic nitrogens is 1. The highest BCUT2D eigenvalue weighted by atomic mass is 19.4. The zero-order valence-electron chi connectivity index (χ0n) is 24.0. The number of hydrogen-bond acceptors (Lipinski definition) is 10. The number of nitrogens with one attached hydrogen (secondary N) is 2. The maximum Gasteiger partial charge on any atom is 0.586 e. The van der Waals surface area contributed by atoms with Crippen LogP contribution in [0.1, 0.15) is 46.4 Å². The first-order chi connectivity index (χ1) is 21.8. The summed E-state index contributed by atoms with van der Waals surface area (Å²) in [6.45, 7) is 0.607. The summed E-state index contributed by atoms with van der Waals surface area (Å²) >= 11 is 0. The van der Waals surface area contributed by atoms with Gasteiger partial charge in [-0.05, 0) is 37.5 Å². The second kappa shape index (κ2) is 9.57. The largest absolute Gasteiger partial charge is 0.586 e. The Morgan fingerprint density at radius 1 is 1.07 bits per heavy atom. The van der Waals surface area contributed by atoms with Crippen molar-refractivity contribution < 1.29 is 59.6 Å². The number of carbonyl (C=O) groups is 2. The number of rotatable bonds is 6. The monoisotopic (exact) mass is 652 g/mol. The van der Waals surface area contributed by atoms with Crippen LogP contribution in [-0.2, 0) is 9.47 Å². The number of methoxy groups -OCH3 is 1. The molecule has 1 aromatic heterocycles. The van der Waals surface area contributed by atoms with Crippen molar-refractivity contribution in [3.8, 4) is 17.2 Å². The fourth-order valence-electron chi connectivity index (χ4n) is 7.04. The molecule has 4 bridgehead atoms. The highest BCUT2D eigenvalue weighted by molar-refractivity contribution is 6.15. The summed E-state index contributed by atoms with van der Waals surface area (Å²) < 4.78 is 100. The minimum absolute atomic E-state index is 0.0273. The number of ether oxygens (including phenoxy) is 5. The molecule has 3 saturated heterocycles. The van der Waals surface area contributed by atoms with Gasteiger partial charge in [0.25, 0.3) is 17.8 Å². The van der Waals surface area contributed by atoms with E-state index in [1.165, 1.54) is 13.2 Å². The molecule has 4 aliphatic heterocycles. The summed E-state index contributed by atoms with van der Waals surface area (Å²) in [5.74, 6) is -2.69. The lowest BCUT2D eigenvalue weighted by molar-refractivity contribution is -0.286. The number of halogens is 5. The molecule has 8 rings (SSSR count). The van der Waals surface area contributed by atoms with Crippen LogP contribution < -0.4 is 29.7 Å². The van der Waals surface area contributed by atoms with Crippen molar-refractivity contribution in [2.24, 2.45) is 0 Å². The average molecular weight is 653 g/mol. The van der Waals surface area contributed by atoms with E-state index in [-0.39, 0.29) is 59.1 Å². The van der Waals surface area contributed by atoms with Gasteiger partial charge in [-0.15, -0.1) is 8.78 Å². The number of hydrogen-bond donors (Lipinski definition) is 2. The van der Waals surface area contributed by atoms with Crippen LogP contribution in [0.5, 0.6) is 17.2 Å². The van der Waals surface area contributed by atoms with Gasteiger partial charge in [0.05, 0.1) is 55.8 Å². The zero-order chi connectivity index (χ0) is 32.2. The first-order valence-electron chi connectivity index (χ1n) is 14.4. The Hall–Kier alpha value is -4.38. The topological polar surface area (TPSA) is 134 Å². The van der Waals surface area contributed by atoms with Gasteiger partial charge in [-0.1, -0.05) is 0 Å². The smallest absolute Gasteiger partial charge is 0.496 e. The number of morpholine rings is 1. The Kier molecular flexibility index (Phi) is 6.04. The predicted octanol–water partition coefficient (Wildman–Crippen LogP) is 4.37. The molecule has 2 amide bonds. The molecule has 1 saturated carbocycles. The maximum absolute atomic E-state index is 14.0. The minimum atomic E-state index is -4.65. The molecule has 0 spiro atoms. The molecule has 0 radical (unpaired) electrons. The van der Waals surface area contributed by atoms with Gasteiger partial charge < -0.3 is 43.6 Å². The Morgan fingerprint density at radius 3 is 2.43 bits per heavy atom. The average Bonchev–Trinajstić information content (AvgIpc) is 3.75. The van der Waals surface area contributed by atoms with Crippen molar-refractivity contribution in [2.75, 3.05) is 37.1 Å². The molecule has 17 heteroatoms. The van der Waals surface area contributed by atoms with E-state index >= 15 is 0 Å². The van der Waals surface area contributed by atoms with Crippen molar-refractivity contribution in [3.05, 3.63) is 35.4 Å². The second-order valence-electron chi connectivity index (χ2n) is 12.1. The number of nitrogens with zero attached hydrogens (tertiary/aromatic N) is 2. The molecule has 5 aliphatic rings. The summed E-state index contributed by atoms with van der Waals surface area (Å²) in [5, 5.41) is 5.14. The van der Waals surface area contributed by atoms with Gasteiger partial charge in [-0.2, -0.15) is 18.2 Å². The van der Waals surface area contributed by atoms with Crippen molar-refractivity contribution in [2.45, 2.75) is 61.4 Å². The number of anilines is 2. The molecule has 4 unspecified atom stereocenters. The molecule has 12 nitrogen and oxygen atoms in total. The van der Waals surface area contributed by atoms with Crippen LogP contribution in [-0.4, -0.2) is 79.4 Å². The highest BCUT2D eigenvalue weighted by Gasteiger charge is 2.68. The number of benzene rings is 2. The van der Waals surface area contributed by atoms with Crippen LogP contribution in [0.2, 0.25) is 0 Å². The molecule has 2 aromatic carbocycles. The fourth-order valence-corrected chi connectivity index (χ4v) is 7.04. The number of oxazole rings is 1. The highest BCUT2D eigenvalue weighted by Crippen LogP contribution is 2.55. The Labute approximate surface area is 256 Å². The third-order valence-electron chi connectivity index (χ3n) is 9.31. The van der Waals surface area contributed by atoms with Crippen molar-refractivity contribution in [1.29, 1.82) is 0 Å². The van der Waals surface area contributed by atoms with E-state index in [1.54, 1.807) is 6.07 Å². The van der Waals surface area contributed by atoms with E-state index in [0.717, 1.165) is 18.6 Å². The van der Waals surface area contributed by atoms with Gasteiger partial charge in [-0.3, -0.25) is 9.59 Å². The van der Waals surface area contributed by atoms with Crippen LogP contribution >= 0.6 is 0 Å². The predicted molar refractivity (Wildman–Crippen MR) is 145 cm³/mol. The van der Waals surface area contributed by atoms with E-state index in [2.05, 4.69) is 25.1 Å². The van der Waals surface area contributed by atoms with Crippen LogP contribution in [0.15, 0.2) is 28.7 Å². The van der Waals surface area contributed by atoms with Gasteiger partial charge in [-0.25, -0.2) is 0 Å². The second-order valence-corrected chi connectivity index (χ2v) is 12.1. The first kappa shape index (κ1) is 29.1. The Bertz CT molecular complexity index is 1770. The van der Waals surface area contributed by atoms with E-state index in [1.807, 2.05) is 4.90 Å². The molecule has 46 heavy (non-hydrogen) atoms. The SMILES string of the molecule is COc1ccc2nc(N3C4COCC3C4)oc2c1C(=O)Nc1cc2c(cc1C(=O)NC13CCC(C(F)(F)F)(C1)OC3)OC(F)(F)O2. The number of carbonyl (C=O) groups excluding carboxylic acids is 2. The third-order valence-corrected chi connectivity index (χ3v) is 9.31. The summed E-state index contributed by atoms with van der Waals surface area (Å²) in [7, 11) is 1.33. The lowest BCUT2D eigenvalue weighted by atomic mass is 9.92. The van der Waals surface area contributed by atoms with Crippen LogP contribution in [0, 0.1) is 0 Å². The van der Waals surface area contributed by atoms with E-state index < -0.39 is 60.0 Å². The summed E-state index contributed by atoms with van der Waals surface area (Å²) in [6.07, 6.45) is -8.70. The molecule has 3 aromatic rings. The van der Waals surface area contributed by atoms with Gasteiger partial charge in [0.2, 0.25) is 0 Å². The van der Waals surface area contributed by atoms with Crippen molar-refractivity contribution >= 4 is 34.6 Å². The third kappa shape index (κ3) is 4.35. The van der Waals surface area contributed by atoms with Crippen LogP contribution in [0.3, 0.4) is 0 Å². The molecule has 244 valence electrons. The quantitative estimate of drug-likeness (QED) is 0.370. The van der Waals surface area contributed by atoms with E-state index in [4.69, 9.17) is 18.6 Å². The van der Waals surface area contributed by atoms with Gasteiger partial charge in [0, 0.05) is 12.5 Å². The van der Waals surface area contributed by atoms with Crippen LogP contribution in [0.4, 0.5) is 33.7 Å². The molecule has 1 aliphatic carbocycles. The number of fused-ring (bicyclic) bond motifs is 6. The number of alkyl halides is 5. The number of amides is 2. The minimum Gasteiger partial charge on any atom is -0.496 e. The summed E-state index contributed by atoms with van der Waals surface area (Å²) in [5.41, 5.74) is -4.08. The first-order valence-corrected chi connectivity index (χ1v) is 14.4. The summed E-state index contributed by atoms with van der Waals surface area (Å²) in [6, 6.07) is 5.45. The normalized spacial score (nSPS) is 28.7. The Balaban J connectivity index is 1.13.